The molecule has 0 aromatic rings. The second-order valence-corrected chi connectivity index (χ2v) is 4.14. The third kappa shape index (κ3) is 5.97. The van der Waals surface area contributed by atoms with E-state index in [1.807, 2.05) is 0 Å². The van der Waals surface area contributed by atoms with Crippen LogP contribution in [0, 0.1) is 0 Å². The van der Waals surface area contributed by atoms with Crippen LogP contribution in [0.1, 0.15) is 20.8 Å². The molecule has 7 nitrogen and oxygen atoms in total. The van der Waals surface area contributed by atoms with E-state index < -0.39 is 36.1 Å². The fraction of sp³-hybridized carbons (Fsp3) is 0.667. The average Bonchev–Trinajstić information content (AvgIpc) is 1.98. The van der Waals surface area contributed by atoms with Crippen LogP contribution >= 0.6 is 0 Å². The number of carbonyl (C=O) groups excluding carboxylic acids is 3. The van der Waals surface area contributed by atoms with E-state index >= 15 is 0 Å². The van der Waals surface area contributed by atoms with E-state index in [-0.39, 0.29) is 0 Å². The Morgan fingerprint density at radius 2 is 1.75 bits per heavy atom. The second kappa shape index (κ2) is 5.45. The smallest absolute Gasteiger partial charge is 0.371 e. The summed E-state index contributed by atoms with van der Waals surface area (Å²) in [6.07, 6.45) is 0. The highest BCUT2D eigenvalue weighted by Gasteiger charge is 2.28. The first-order valence-corrected chi connectivity index (χ1v) is 4.60. The summed E-state index contributed by atoms with van der Waals surface area (Å²) in [6, 6.07) is -1.70. The van der Waals surface area contributed by atoms with E-state index in [9.17, 15) is 24.6 Å². The monoisotopic (exact) mass is 232 g/mol. The molecular formula is C9H14NO6-. The molecule has 0 radical (unpaired) electrons. The van der Waals surface area contributed by atoms with Crippen LogP contribution in [0.25, 0.3) is 0 Å². The highest BCUT2D eigenvalue weighted by Crippen LogP contribution is 2.07. The molecule has 0 heterocycles. The molecule has 0 aromatic carbocycles. The van der Waals surface area contributed by atoms with Crippen molar-refractivity contribution in [1.29, 1.82) is 0 Å². The summed E-state index contributed by atoms with van der Waals surface area (Å²) in [6.45, 7) is 4.04. The van der Waals surface area contributed by atoms with Crippen molar-refractivity contribution in [3.8, 4) is 0 Å². The number of rotatable bonds is 5. The molecule has 0 bridgehead atoms. The third-order valence-electron chi connectivity index (χ3n) is 1.43. The zero-order valence-electron chi connectivity index (χ0n) is 9.31. The van der Waals surface area contributed by atoms with Crippen molar-refractivity contribution in [2.24, 2.45) is 0 Å². The van der Waals surface area contributed by atoms with E-state index in [1.54, 1.807) is 20.8 Å². The zero-order valence-corrected chi connectivity index (χ0v) is 9.31. The standard InChI is InChI=1S/C9H15NO6/c1-9(2,3)16-8(15)6(7(13)14)10-4-5(11)12/h6,10H,4H2,1-3H3,(H,11,12)(H,13,14)/p-1/t6-/m1/s1. The first-order chi connectivity index (χ1) is 7.13. The molecule has 1 atom stereocenters. The number of hydrogen-bond donors (Lipinski definition) is 1. The Hall–Kier alpha value is -1.63. The Morgan fingerprint density at radius 3 is 2.06 bits per heavy atom. The molecule has 2 N–H and O–H groups in total. The fourth-order valence-electron chi connectivity index (χ4n) is 0.868. The lowest BCUT2D eigenvalue weighted by molar-refractivity contribution is -0.668. The van der Waals surface area contributed by atoms with Crippen molar-refractivity contribution in [2.75, 3.05) is 6.54 Å². The molecule has 0 aliphatic rings. The molecule has 16 heavy (non-hydrogen) atoms. The van der Waals surface area contributed by atoms with Gasteiger partial charge in [0.1, 0.15) is 18.1 Å². The van der Waals surface area contributed by atoms with E-state index in [4.69, 9.17) is 4.74 Å². The van der Waals surface area contributed by atoms with Gasteiger partial charge in [0.25, 0.3) is 0 Å². The van der Waals surface area contributed by atoms with Crippen LogP contribution in [0.15, 0.2) is 0 Å². The number of carboxylic acids is 2. The Kier molecular flexibility index (Phi) is 4.90. The highest BCUT2D eigenvalue weighted by atomic mass is 16.6. The first kappa shape index (κ1) is 14.4. The van der Waals surface area contributed by atoms with Crippen LogP contribution in [0.2, 0.25) is 0 Å². The minimum absolute atomic E-state index is 0.655. The van der Waals surface area contributed by atoms with E-state index in [0.29, 0.717) is 0 Å². The lowest BCUT2D eigenvalue weighted by Gasteiger charge is -2.23. The van der Waals surface area contributed by atoms with Gasteiger partial charge in [-0.2, -0.15) is 0 Å². The van der Waals surface area contributed by atoms with Gasteiger partial charge >= 0.3 is 5.97 Å². The van der Waals surface area contributed by atoms with Gasteiger partial charge in [0.05, 0.1) is 5.97 Å². The molecule has 92 valence electrons. The topological polar surface area (TPSA) is 123 Å². The van der Waals surface area contributed by atoms with Gasteiger partial charge in [-0.25, -0.2) is 4.79 Å². The Bertz CT molecular complexity index is 293. The number of ether oxygens (including phenoxy) is 1. The van der Waals surface area contributed by atoms with Gasteiger partial charge < -0.3 is 29.9 Å². The van der Waals surface area contributed by atoms with Gasteiger partial charge in [-0.3, -0.25) is 0 Å². The van der Waals surface area contributed by atoms with Crippen LogP contribution in [0.4, 0.5) is 0 Å². The summed E-state index contributed by atoms with van der Waals surface area (Å²) >= 11 is 0. The van der Waals surface area contributed by atoms with Crippen molar-refractivity contribution >= 4 is 17.9 Å². The molecule has 0 fully saturated rings. The van der Waals surface area contributed by atoms with E-state index in [2.05, 4.69) is 0 Å². The van der Waals surface area contributed by atoms with Gasteiger partial charge in [-0.05, 0) is 20.8 Å². The van der Waals surface area contributed by atoms with Crippen LogP contribution in [-0.2, 0) is 19.1 Å². The van der Waals surface area contributed by atoms with E-state index in [1.165, 1.54) is 0 Å². The molecular weight excluding hydrogens is 218 g/mol. The second-order valence-electron chi connectivity index (χ2n) is 4.14. The van der Waals surface area contributed by atoms with E-state index in [0.717, 1.165) is 5.32 Å². The zero-order chi connectivity index (χ0) is 12.9. The minimum atomic E-state index is -1.70. The van der Waals surface area contributed by atoms with Crippen molar-refractivity contribution in [2.45, 2.75) is 32.4 Å². The Morgan fingerprint density at radius 1 is 1.25 bits per heavy atom. The maximum Gasteiger partial charge on any atom is 0.371 e. The number of nitrogens with two attached hydrogens (primary N) is 1. The van der Waals surface area contributed by atoms with Gasteiger partial charge in [0.15, 0.2) is 0 Å². The maximum absolute atomic E-state index is 11.3. The summed E-state index contributed by atoms with van der Waals surface area (Å²) in [5.41, 5.74) is -0.847. The number of carboxylic acid groups (broad SMARTS) is 2. The lowest BCUT2D eigenvalue weighted by Crippen LogP contribution is -2.97. The van der Waals surface area contributed by atoms with Crippen LogP contribution in [0.3, 0.4) is 0 Å². The van der Waals surface area contributed by atoms with Crippen LogP contribution < -0.4 is 15.5 Å². The molecule has 0 aliphatic carbocycles. The molecule has 0 spiro atoms. The Labute approximate surface area is 92.4 Å². The summed E-state index contributed by atoms with van der Waals surface area (Å²) in [5, 5.41) is 21.5. The van der Waals surface area contributed by atoms with Crippen LogP contribution in [0.5, 0.6) is 0 Å². The molecule has 0 saturated carbocycles. The highest BCUT2D eigenvalue weighted by molar-refractivity contribution is 5.95. The van der Waals surface area contributed by atoms with Crippen molar-refractivity contribution in [3.63, 3.8) is 0 Å². The lowest BCUT2D eigenvalue weighted by atomic mass is 10.2. The number of esters is 1. The molecule has 0 aromatic heterocycles. The molecule has 0 amide bonds. The average molecular weight is 232 g/mol. The van der Waals surface area contributed by atoms with Crippen LogP contribution in [-0.4, -0.2) is 36.1 Å². The van der Waals surface area contributed by atoms with Gasteiger partial charge in [-0.1, -0.05) is 0 Å². The molecule has 7 heteroatoms. The molecule has 0 rings (SSSR count). The van der Waals surface area contributed by atoms with Gasteiger partial charge in [0.2, 0.25) is 6.04 Å². The molecule has 0 unspecified atom stereocenters. The van der Waals surface area contributed by atoms with Gasteiger partial charge in [0, 0.05) is 0 Å². The SMILES string of the molecule is CC(C)(C)OC(=O)[C@H]([NH2+]CC(=O)[O-])C(=O)[O-]. The fourth-order valence-corrected chi connectivity index (χ4v) is 0.868. The summed E-state index contributed by atoms with van der Waals surface area (Å²) < 4.78 is 4.79. The number of hydrogen-bond acceptors (Lipinski definition) is 6. The Balaban J connectivity index is 4.48. The number of aliphatic carboxylic acids is 2. The summed E-state index contributed by atoms with van der Waals surface area (Å²) in [5.74, 6) is -4.22. The minimum Gasteiger partial charge on any atom is -0.544 e. The van der Waals surface area contributed by atoms with Crippen molar-refractivity contribution in [1.82, 2.24) is 0 Å². The maximum atomic E-state index is 11.3. The summed E-state index contributed by atoms with van der Waals surface area (Å²) in [7, 11) is 0. The first-order valence-electron chi connectivity index (χ1n) is 4.60. The number of carbonyl (C=O) groups is 3. The number of quaternary nitrogens is 1. The summed E-state index contributed by atoms with van der Waals surface area (Å²) in [4.78, 5) is 32.0. The quantitative estimate of drug-likeness (QED) is 0.378. The predicted molar refractivity (Wildman–Crippen MR) is 46.4 cm³/mol. The molecule has 0 aliphatic heterocycles. The van der Waals surface area contributed by atoms with Gasteiger partial charge in [-0.15, -0.1) is 0 Å². The molecule has 0 saturated heterocycles. The van der Waals surface area contributed by atoms with Crippen molar-refractivity contribution < 1.29 is 34.7 Å². The van der Waals surface area contributed by atoms with Crippen molar-refractivity contribution in [3.05, 3.63) is 0 Å². The normalized spacial score (nSPS) is 12.9. The largest absolute Gasteiger partial charge is 0.544 e. The third-order valence-corrected chi connectivity index (χ3v) is 1.43. The predicted octanol–water partition coefficient (Wildman–Crippen LogP) is -4.24.